The minimum atomic E-state index is 0.634. The fourth-order valence-corrected chi connectivity index (χ4v) is 1.96. The van der Waals surface area contributed by atoms with Crippen LogP contribution in [0.15, 0.2) is 36.4 Å². The Balaban J connectivity index is 2.46. The fraction of sp³-hybridized carbons (Fsp3) is 0.133. The molecule has 90 valence electrons. The van der Waals surface area contributed by atoms with Crippen molar-refractivity contribution in [3.8, 4) is 6.07 Å². The molecule has 0 saturated carbocycles. The van der Waals surface area contributed by atoms with Crippen molar-refractivity contribution in [3.05, 3.63) is 58.1 Å². The number of nitriles is 1. The maximum atomic E-state index is 9.13. The van der Waals surface area contributed by atoms with Gasteiger partial charge in [0.2, 0.25) is 0 Å². The molecule has 0 spiro atoms. The van der Waals surface area contributed by atoms with Crippen LogP contribution < -0.4 is 5.32 Å². The van der Waals surface area contributed by atoms with Crippen LogP contribution in [0, 0.1) is 25.2 Å². The molecule has 0 fully saturated rings. The van der Waals surface area contributed by atoms with Crippen molar-refractivity contribution < 1.29 is 0 Å². The molecule has 0 unspecified atom stereocenters. The van der Waals surface area contributed by atoms with Gasteiger partial charge in [0.25, 0.3) is 0 Å². The first kappa shape index (κ1) is 12.5. The van der Waals surface area contributed by atoms with Gasteiger partial charge in [-0.2, -0.15) is 5.26 Å². The monoisotopic (exact) mass is 256 g/mol. The van der Waals surface area contributed by atoms with E-state index in [0.29, 0.717) is 10.6 Å². The third kappa shape index (κ3) is 2.47. The normalized spacial score (nSPS) is 9.89. The number of benzene rings is 2. The van der Waals surface area contributed by atoms with E-state index >= 15 is 0 Å². The first-order valence-electron chi connectivity index (χ1n) is 5.64. The smallest absolute Gasteiger partial charge is 0.101 e. The summed E-state index contributed by atoms with van der Waals surface area (Å²) < 4.78 is 0. The van der Waals surface area contributed by atoms with Crippen LogP contribution in [0.2, 0.25) is 5.02 Å². The summed E-state index contributed by atoms with van der Waals surface area (Å²) in [4.78, 5) is 0. The summed E-state index contributed by atoms with van der Waals surface area (Å²) in [7, 11) is 0. The lowest BCUT2D eigenvalue weighted by Crippen LogP contribution is -1.98. The average Bonchev–Trinajstić information content (AvgIpc) is 2.36. The minimum absolute atomic E-state index is 0.634. The van der Waals surface area contributed by atoms with Gasteiger partial charge in [0.15, 0.2) is 0 Å². The van der Waals surface area contributed by atoms with Gasteiger partial charge < -0.3 is 5.32 Å². The molecule has 0 atom stereocenters. The standard InChI is InChI=1S/C15H13ClN2/c1-10-6-7-13(16)8-14(10)18-15-11(2)4-3-5-12(15)9-17/h3-8,18H,1-2H3. The van der Waals surface area contributed by atoms with Gasteiger partial charge in [0.05, 0.1) is 11.3 Å². The molecular formula is C15H13ClN2. The molecule has 0 radical (unpaired) electrons. The number of para-hydroxylation sites is 1. The minimum Gasteiger partial charge on any atom is -0.354 e. The van der Waals surface area contributed by atoms with E-state index < -0.39 is 0 Å². The predicted molar refractivity (Wildman–Crippen MR) is 75.4 cm³/mol. The second kappa shape index (κ2) is 5.12. The molecule has 0 heterocycles. The van der Waals surface area contributed by atoms with Gasteiger partial charge in [-0.1, -0.05) is 29.8 Å². The maximum absolute atomic E-state index is 9.13. The van der Waals surface area contributed by atoms with Gasteiger partial charge in [-0.25, -0.2) is 0 Å². The van der Waals surface area contributed by atoms with E-state index in [2.05, 4.69) is 11.4 Å². The molecule has 0 amide bonds. The number of hydrogen-bond donors (Lipinski definition) is 1. The van der Waals surface area contributed by atoms with Gasteiger partial charge in [0.1, 0.15) is 6.07 Å². The molecular weight excluding hydrogens is 244 g/mol. The lowest BCUT2D eigenvalue weighted by Gasteiger charge is -2.13. The van der Waals surface area contributed by atoms with Crippen LogP contribution in [0.25, 0.3) is 0 Å². The van der Waals surface area contributed by atoms with E-state index in [0.717, 1.165) is 22.5 Å². The highest BCUT2D eigenvalue weighted by Gasteiger charge is 2.07. The van der Waals surface area contributed by atoms with E-state index in [1.807, 2.05) is 44.2 Å². The molecule has 0 bridgehead atoms. The Morgan fingerprint density at radius 1 is 1.11 bits per heavy atom. The van der Waals surface area contributed by atoms with Crippen molar-refractivity contribution in [1.29, 1.82) is 5.26 Å². The first-order valence-corrected chi connectivity index (χ1v) is 6.02. The van der Waals surface area contributed by atoms with Gasteiger partial charge in [-0.3, -0.25) is 0 Å². The third-order valence-corrected chi connectivity index (χ3v) is 3.09. The van der Waals surface area contributed by atoms with E-state index in [1.54, 1.807) is 6.07 Å². The molecule has 0 aromatic heterocycles. The summed E-state index contributed by atoms with van der Waals surface area (Å²) in [5, 5.41) is 13.1. The summed E-state index contributed by atoms with van der Waals surface area (Å²) in [6.45, 7) is 3.98. The van der Waals surface area contributed by atoms with Gasteiger partial charge >= 0.3 is 0 Å². The van der Waals surface area contributed by atoms with E-state index in [-0.39, 0.29) is 0 Å². The van der Waals surface area contributed by atoms with Crippen molar-refractivity contribution in [2.45, 2.75) is 13.8 Å². The third-order valence-electron chi connectivity index (χ3n) is 2.85. The largest absolute Gasteiger partial charge is 0.354 e. The number of anilines is 2. The molecule has 18 heavy (non-hydrogen) atoms. The van der Waals surface area contributed by atoms with Gasteiger partial charge in [-0.15, -0.1) is 0 Å². The molecule has 2 nitrogen and oxygen atoms in total. The lowest BCUT2D eigenvalue weighted by molar-refractivity contribution is 1.37. The van der Waals surface area contributed by atoms with Crippen molar-refractivity contribution in [3.63, 3.8) is 0 Å². The van der Waals surface area contributed by atoms with Crippen LogP contribution in [0.5, 0.6) is 0 Å². The predicted octanol–water partition coefficient (Wildman–Crippen LogP) is 4.57. The Hall–Kier alpha value is -1.98. The van der Waals surface area contributed by atoms with E-state index in [4.69, 9.17) is 16.9 Å². The number of nitrogens with one attached hydrogen (secondary N) is 1. The molecule has 0 saturated heterocycles. The number of hydrogen-bond acceptors (Lipinski definition) is 2. The maximum Gasteiger partial charge on any atom is 0.101 e. The van der Waals surface area contributed by atoms with Crippen LogP contribution in [-0.2, 0) is 0 Å². The van der Waals surface area contributed by atoms with Crippen LogP contribution in [0.4, 0.5) is 11.4 Å². The molecule has 2 rings (SSSR count). The topological polar surface area (TPSA) is 35.8 Å². The Morgan fingerprint density at radius 2 is 1.89 bits per heavy atom. The Labute approximate surface area is 112 Å². The Bertz CT molecular complexity index is 627. The molecule has 3 heteroatoms. The molecule has 0 aliphatic carbocycles. The summed E-state index contributed by atoms with van der Waals surface area (Å²) in [5.74, 6) is 0. The summed E-state index contributed by atoms with van der Waals surface area (Å²) in [6, 6.07) is 13.5. The summed E-state index contributed by atoms with van der Waals surface area (Å²) >= 11 is 5.99. The Kier molecular flexibility index (Phi) is 3.55. The van der Waals surface area contributed by atoms with Crippen LogP contribution in [0.1, 0.15) is 16.7 Å². The van der Waals surface area contributed by atoms with Crippen molar-refractivity contribution in [1.82, 2.24) is 0 Å². The lowest BCUT2D eigenvalue weighted by atomic mass is 10.1. The Morgan fingerprint density at radius 3 is 2.61 bits per heavy atom. The highest BCUT2D eigenvalue weighted by atomic mass is 35.5. The molecule has 2 aromatic carbocycles. The van der Waals surface area contributed by atoms with E-state index in [9.17, 15) is 0 Å². The molecule has 0 aliphatic heterocycles. The summed E-state index contributed by atoms with van der Waals surface area (Å²) in [6.07, 6.45) is 0. The van der Waals surface area contributed by atoms with Crippen molar-refractivity contribution in [2.75, 3.05) is 5.32 Å². The van der Waals surface area contributed by atoms with Crippen molar-refractivity contribution >= 4 is 23.0 Å². The fourth-order valence-electron chi connectivity index (χ4n) is 1.79. The molecule has 1 N–H and O–H groups in total. The van der Waals surface area contributed by atoms with Crippen LogP contribution in [-0.4, -0.2) is 0 Å². The van der Waals surface area contributed by atoms with Gasteiger partial charge in [-0.05, 0) is 43.2 Å². The SMILES string of the molecule is Cc1ccc(Cl)cc1Nc1c(C)cccc1C#N. The molecule has 2 aromatic rings. The summed E-state index contributed by atoms with van der Waals surface area (Å²) in [5.41, 5.74) is 4.52. The second-order valence-corrected chi connectivity index (χ2v) is 4.63. The van der Waals surface area contributed by atoms with Crippen molar-refractivity contribution in [2.24, 2.45) is 0 Å². The second-order valence-electron chi connectivity index (χ2n) is 4.19. The number of aryl methyl sites for hydroxylation is 2. The van der Waals surface area contributed by atoms with Crippen LogP contribution >= 0.6 is 11.6 Å². The quantitative estimate of drug-likeness (QED) is 0.854. The number of nitrogens with zero attached hydrogens (tertiary/aromatic N) is 1. The molecule has 0 aliphatic rings. The highest BCUT2D eigenvalue weighted by Crippen LogP contribution is 2.28. The van der Waals surface area contributed by atoms with Crippen LogP contribution in [0.3, 0.4) is 0 Å². The zero-order valence-corrected chi connectivity index (χ0v) is 11.0. The highest BCUT2D eigenvalue weighted by molar-refractivity contribution is 6.30. The average molecular weight is 257 g/mol. The zero-order valence-electron chi connectivity index (χ0n) is 10.3. The number of rotatable bonds is 2. The van der Waals surface area contributed by atoms with Gasteiger partial charge in [0, 0.05) is 10.7 Å². The first-order chi connectivity index (χ1) is 8.61. The number of halogens is 1. The van der Waals surface area contributed by atoms with E-state index in [1.165, 1.54) is 0 Å². The zero-order chi connectivity index (χ0) is 13.1.